The molecule has 0 aliphatic rings. The first-order valence-electron chi connectivity index (χ1n) is 6.70. The Kier molecular flexibility index (Phi) is 5.21. The number of carbonyl (C=O) groups excluding carboxylic acids is 1. The molecule has 0 radical (unpaired) electrons. The van der Waals surface area contributed by atoms with Gasteiger partial charge in [0, 0.05) is 0 Å². The molecule has 0 N–H and O–H groups in total. The summed E-state index contributed by atoms with van der Waals surface area (Å²) in [4.78, 5) is 11.5. The fraction of sp³-hybridized carbons (Fsp3) is 0.235. The summed E-state index contributed by atoms with van der Waals surface area (Å²) < 4.78 is 16.2. The number of methoxy groups -OCH3 is 1. The lowest BCUT2D eigenvalue weighted by molar-refractivity contribution is 0.101. The molecule has 0 amide bonds. The molecule has 0 bridgehead atoms. The molecule has 0 spiro atoms. The van der Waals surface area contributed by atoms with Crippen LogP contribution in [0.15, 0.2) is 48.5 Å². The zero-order chi connectivity index (χ0) is 15.1. The van der Waals surface area contributed by atoms with Gasteiger partial charge in [0.25, 0.3) is 0 Å². The Balaban J connectivity index is 1.83. The monoisotopic (exact) mass is 286 g/mol. The van der Waals surface area contributed by atoms with E-state index in [0.29, 0.717) is 24.5 Å². The van der Waals surface area contributed by atoms with Crippen molar-refractivity contribution in [3.63, 3.8) is 0 Å². The Morgan fingerprint density at radius 3 is 2.19 bits per heavy atom. The lowest BCUT2D eigenvalue weighted by atomic mass is 10.1. The summed E-state index contributed by atoms with van der Waals surface area (Å²) in [5.41, 5.74) is 0.585. The van der Waals surface area contributed by atoms with Gasteiger partial charge in [0.1, 0.15) is 30.5 Å². The van der Waals surface area contributed by atoms with Crippen LogP contribution in [0.25, 0.3) is 0 Å². The van der Waals surface area contributed by atoms with E-state index < -0.39 is 0 Å². The van der Waals surface area contributed by atoms with Crippen molar-refractivity contribution < 1.29 is 19.0 Å². The third-order valence-electron chi connectivity index (χ3n) is 2.94. The third kappa shape index (κ3) is 4.24. The molecule has 110 valence electrons. The van der Waals surface area contributed by atoms with E-state index in [1.54, 1.807) is 19.2 Å². The number of hydrogen-bond acceptors (Lipinski definition) is 4. The maximum atomic E-state index is 11.5. The molecule has 0 aromatic heterocycles. The molecule has 0 heterocycles. The zero-order valence-electron chi connectivity index (χ0n) is 12.2. The maximum Gasteiger partial charge on any atom is 0.163 e. The van der Waals surface area contributed by atoms with Crippen LogP contribution >= 0.6 is 0 Å². The molecule has 4 nitrogen and oxygen atoms in total. The molecule has 0 saturated carbocycles. The van der Waals surface area contributed by atoms with Crippen LogP contribution in [-0.4, -0.2) is 26.1 Å². The first-order valence-corrected chi connectivity index (χ1v) is 6.70. The van der Waals surface area contributed by atoms with Gasteiger partial charge in [-0.2, -0.15) is 0 Å². The largest absolute Gasteiger partial charge is 0.497 e. The highest BCUT2D eigenvalue weighted by molar-refractivity contribution is 5.96. The van der Waals surface area contributed by atoms with Crippen LogP contribution in [0.5, 0.6) is 17.2 Å². The van der Waals surface area contributed by atoms with Crippen molar-refractivity contribution in [2.24, 2.45) is 0 Å². The lowest BCUT2D eigenvalue weighted by Gasteiger charge is -2.11. The second-order valence-corrected chi connectivity index (χ2v) is 4.42. The fourth-order valence-corrected chi connectivity index (χ4v) is 1.87. The summed E-state index contributed by atoms with van der Waals surface area (Å²) in [5, 5.41) is 0. The number of carbonyl (C=O) groups is 1. The molecule has 2 aromatic carbocycles. The van der Waals surface area contributed by atoms with Crippen LogP contribution in [-0.2, 0) is 0 Å². The molecule has 0 aliphatic carbocycles. The van der Waals surface area contributed by atoms with Gasteiger partial charge in [0.05, 0.1) is 12.7 Å². The predicted octanol–water partition coefficient (Wildman–Crippen LogP) is 3.36. The van der Waals surface area contributed by atoms with Gasteiger partial charge in [-0.3, -0.25) is 4.79 Å². The normalized spacial score (nSPS) is 10.0. The maximum absolute atomic E-state index is 11.5. The highest BCUT2D eigenvalue weighted by Gasteiger charge is 2.06. The zero-order valence-corrected chi connectivity index (χ0v) is 12.2. The minimum absolute atomic E-state index is 0.0123. The van der Waals surface area contributed by atoms with Gasteiger partial charge < -0.3 is 14.2 Å². The molecule has 0 fully saturated rings. The average molecular weight is 286 g/mol. The minimum Gasteiger partial charge on any atom is -0.497 e. The summed E-state index contributed by atoms with van der Waals surface area (Å²) in [7, 11) is 1.62. The second kappa shape index (κ2) is 7.33. The van der Waals surface area contributed by atoms with E-state index in [0.717, 1.165) is 11.5 Å². The van der Waals surface area contributed by atoms with Crippen molar-refractivity contribution in [2.45, 2.75) is 6.92 Å². The number of benzene rings is 2. The third-order valence-corrected chi connectivity index (χ3v) is 2.94. The van der Waals surface area contributed by atoms with Gasteiger partial charge in [0.15, 0.2) is 5.78 Å². The Morgan fingerprint density at radius 2 is 1.52 bits per heavy atom. The summed E-state index contributed by atoms with van der Waals surface area (Å²) in [6.07, 6.45) is 0. The molecule has 0 unspecified atom stereocenters. The summed E-state index contributed by atoms with van der Waals surface area (Å²) in [6, 6.07) is 14.5. The summed E-state index contributed by atoms with van der Waals surface area (Å²) in [6.45, 7) is 2.30. The quantitative estimate of drug-likeness (QED) is 0.578. The first-order chi connectivity index (χ1) is 10.2. The minimum atomic E-state index is -0.0123. The van der Waals surface area contributed by atoms with E-state index >= 15 is 0 Å². The molecule has 4 heteroatoms. The van der Waals surface area contributed by atoms with Crippen molar-refractivity contribution >= 4 is 5.78 Å². The van der Waals surface area contributed by atoms with E-state index in [4.69, 9.17) is 14.2 Å². The van der Waals surface area contributed by atoms with E-state index in [1.807, 2.05) is 36.4 Å². The molecule has 0 atom stereocenters. The van der Waals surface area contributed by atoms with Crippen LogP contribution in [0.1, 0.15) is 17.3 Å². The van der Waals surface area contributed by atoms with E-state index in [9.17, 15) is 4.79 Å². The number of Topliss-reactive ketones (excluding diaryl/α,β-unsaturated/α-hetero) is 1. The Morgan fingerprint density at radius 1 is 0.905 bits per heavy atom. The highest BCUT2D eigenvalue weighted by atomic mass is 16.5. The summed E-state index contributed by atoms with van der Waals surface area (Å²) in [5.74, 6) is 2.11. The van der Waals surface area contributed by atoms with Gasteiger partial charge in [0.2, 0.25) is 0 Å². The van der Waals surface area contributed by atoms with Crippen LogP contribution < -0.4 is 14.2 Å². The van der Waals surface area contributed by atoms with Crippen LogP contribution in [0.3, 0.4) is 0 Å². The Labute approximate surface area is 124 Å². The predicted molar refractivity (Wildman–Crippen MR) is 80.4 cm³/mol. The van der Waals surface area contributed by atoms with Crippen LogP contribution in [0.4, 0.5) is 0 Å². The molecule has 0 saturated heterocycles. The van der Waals surface area contributed by atoms with Gasteiger partial charge >= 0.3 is 0 Å². The standard InChI is InChI=1S/C17H18O4/c1-13(18)16-5-3-4-6-17(16)21-12-11-20-15-9-7-14(19-2)8-10-15/h3-10H,11-12H2,1-2H3. The Hall–Kier alpha value is -2.49. The van der Waals surface area contributed by atoms with Gasteiger partial charge in [-0.1, -0.05) is 12.1 Å². The average Bonchev–Trinajstić information content (AvgIpc) is 2.52. The first kappa shape index (κ1) is 14.9. The number of ketones is 1. The van der Waals surface area contributed by atoms with Gasteiger partial charge in [-0.25, -0.2) is 0 Å². The SMILES string of the molecule is COc1ccc(OCCOc2ccccc2C(C)=O)cc1. The number of rotatable bonds is 7. The van der Waals surface area contributed by atoms with Crippen molar-refractivity contribution in [3.8, 4) is 17.2 Å². The van der Waals surface area contributed by atoms with Crippen molar-refractivity contribution in [2.75, 3.05) is 20.3 Å². The van der Waals surface area contributed by atoms with Crippen molar-refractivity contribution in [3.05, 3.63) is 54.1 Å². The second-order valence-electron chi connectivity index (χ2n) is 4.42. The van der Waals surface area contributed by atoms with E-state index in [-0.39, 0.29) is 5.78 Å². The molecule has 0 aliphatic heterocycles. The smallest absolute Gasteiger partial charge is 0.163 e. The van der Waals surface area contributed by atoms with E-state index in [2.05, 4.69) is 0 Å². The molecular formula is C17H18O4. The molecule has 21 heavy (non-hydrogen) atoms. The van der Waals surface area contributed by atoms with Crippen molar-refractivity contribution in [1.82, 2.24) is 0 Å². The molecule has 2 aromatic rings. The van der Waals surface area contributed by atoms with Crippen LogP contribution in [0, 0.1) is 0 Å². The molecular weight excluding hydrogens is 268 g/mol. The highest BCUT2D eigenvalue weighted by Crippen LogP contribution is 2.19. The van der Waals surface area contributed by atoms with Gasteiger partial charge in [-0.05, 0) is 43.3 Å². The van der Waals surface area contributed by atoms with Gasteiger partial charge in [-0.15, -0.1) is 0 Å². The topological polar surface area (TPSA) is 44.8 Å². The molecule has 2 rings (SSSR count). The van der Waals surface area contributed by atoms with Crippen molar-refractivity contribution in [1.29, 1.82) is 0 Å². The lowest BCUT2D eigenvalue weighted by Crippen LogP contribution is -2.10. The fourth-order valence-electron chi connectivity index (χ4n) is 1.87. The number of ether oxygens (including phenoxy) is 3. The van der Waals surface area contributed by atoms with E-state index in [1.165, 1.54) is 6.92 Å². The Bertz CT molecular complexity index is 590. The van der Waals surface area contributed by atoms with Crippen LogP contribution in [0.2, 0.25) is 0 Å². The number of para-hydroxylation sites is 1. The summed E-state index contributed by atoms with van der Waals surface area (Å²) >= 11 is 0. The number of hydrogen-bond donors (Lipinski definition) is 0.